The maximum Gasteiger partial charge on any atom is 0.319 e. The summed E-state index contributed by atoms with van der Waals surface area (Å²) < 4.78 is 87.4. The van der Waals surface area contributed by atoms with Crippen molar-refractivity contribution in [2.75, 3.05) is 50.8 Å². The van der Waals surface area contributed by atoms with Gasteiger partial charge in [0.15, 0.2) is 29.1 Å². The van der Waals surface area contributed by atoms with Crippen LogP contribution < -0.4 is 19.7 Å². The van der Waals surface area contributed by atoms with E-state index in [1.165, 1.54) is 0 Å². The van der Waals surface area contributed by atoms with Gasteiger partial charge in [0.25, 0.3) is 0 Å². The summed E-state index contributed by atoms with van der Waals surface area (Å²) in [7, 11) is 0. The van der Waals surface area contributed by atoms with Crippen LogP contribution in [0.15, 0.2) is 12.1 Å². The molecule has 3 saturated heterocycles. The first kappa shape index (κ1) is 30.6. The minimum Gasteiger partial charge on any atom is -0.508 e. The molecule has 14 heteroatoms. The molecule has 244 valence electrons. The number of hydrogen-bond acceptors (Lipinski definition) is 9. The second kappa shape index (κ2) is 11.6. The number of hydrogen-bond donors (Lipinski definition) is 2. The number of pyridine rings is 1. The maximum atomic E-state index is 16.7. The van der Waals surface area contributed by atoms with Crippen LogP contribution in [0.1, 0.15) is 39.5 Å². The Morgan fingerprint density at radius 2 is 1.67 bits per heavy atom. The van der Waals surface area contributed by atoms with Crippen molar-refractivity contribution in [2.24, 2.45) is 0 Å². The monoisotopic (exact) mass is 644 g/mol. The predicted octanol–water partition coefficient (Wildman–Crippen LogP) is 5.45. The lowest BCUT2D eigenvalue weighted by Crippen LogP contribution is -2.53. The molecule has 4 aliphatic rings. The van der Waals surface area contributed by atoms with E-state index in [2.05, 4.69) is 20.2 Å². The number of benzene rings is 2. The lowest BCUT2D eigenvalue weighted by molar-refractivity contribution is 0.108. The predicted molar refractivity (Wildman–Crippen MR) is 161 cm³/mol. The molecule has 0 saturated carbocycles. The number of ether oxygens (including phenoxy) is 2. The lowest BCUT2D eigenvalue weighted by atomic mass is 9.95. The number of anilines is 1. The van der Waals surface area contributed by atoms with E-state index < -0.39 is 56.9 Å². The van der Waals surface area contributed by atoms with Crippen LogP contribution in [0.4, 0.5) is 27.8 Å². The minimum absolute atomic E-state index is 0.0621. The first-order valence-corrected chi connectivity index (χ1v) is 15.6. The third-order valence-electron chi connectivity index (χ3n) is 9.44. The number of rotatable bonds is 4. The van der Waals surface area contributed by atoms with Crippen LogP contribution in [0.25, 0.3) is 32.9 Å². The molecule has 2 aromatic heterocycles. The fraction of sp³-hybridized carbons (Fsp3) is 0.469. The highest BCUT2D eigenvalue weighted by Crippen LogP contribution is 2.44. The van der Waals surface area contributed by atoms with Crippen molar-refractivity contribution < 1.29 is 36.5 Å². The highest BCUT2D eigenvalue weighted by molar-refractivity contribution is 6.02. The van der Waals surface area contributed by atoms with Crippen molar-refractivity contribution in [3.63, 3.8) is 0 Å². The van der Waals surface area contributed by atoms with Crippen LogP contribution >= 0.6 is 0 Å². The maximum absolute atomic E-state index is 16.7. The highest BCUT2D eigenvalue weighted by atomic mass is 19.2. The number of piperazine rings is 1. The molecule has 0 unspecified atom stereocenters. The Bertz CT molecular complexity index is 1850. The Hall–Kier alpha value is -4.04. The van der Waals surface area contributed by atoms with Crippen LogP contribution in [-0.2, 0) is 0 Å². The molecule has 6 heterocycles. The standard InChI is InChI=1S/C30H27F5N6O3.C2H6/c31-20-16-9-15(42)10-17(18(16)21(32)23(34)22(20)33)25-24(35)26-19-27(41-8-5-36-11-14(41)12-43-28(19)37-25)39-29(38-26)44-13-30-3-1-6-40(30)7-2-4-30;1-2/h9-10,14,36,42H,1-8,11-13H2;1-2H3/t14-;/m0./s1. The molecule has 46 heavy (non-hydrogen) atoms. The number of phenolic OH excluding ortho intramolecular Hbond substituents is 1. The van der Waals surface area contributed by atoms with Crippen molar-refractivity contribution in [2.45, 2.75) is 51.1 Å². The number of nitrogens with one attached hydrogen (secondary N) is 1. The number of fused-ring (bicyclic) bond motifs is 4. The van der Waals surface area contributed by atoms with Gasteiger partial charge in [0.05, 0.1) is 11.6 Å². The topological polar surface area (TPSA) is 95.9 Å². The quantitative estimate of drug-likeness (QED) is 0.171. The van der Waals surface area contributed by atoms with Crippen molar-refractivity contribution in [3.8, 4) is 28.9 Å². The Morgan fingerprint density at radius 3 is 2.43 bits per heavy atom. The van der Waals surface area contributed by atoms with Crippen LogP contribution in [0.5, 0.6) is 17.6 Å². The summed E-state index contributed by atoms with van der Waals surface area (Å²) in [6.07, 6.45) is 4.05. The van der Waals surface area contributed by atoms with Gasteiger partial charge in [0.1, 0.15) is 41.4 Å². The van der Waals surface area contributed by atoms with Crippen molar-refractivity contribution in [3.05, 3.63) is 41.2 Å². The van der Waals surface area contributed by atoms with E-state index in [9.17, 15) is 18.3 Å². The van der Waals surface area contributed by atoms with Crippen molar-refractivity contribution in [1.29, 1.82) is 0 Å². The van der Waals surface area contributed by atoms with E-state index >= 15 is 8.78 Å². The molecule has 2 N–H and O–H groups in total. The zero-order chi connectivity index (χ0) is 32.3. The molecular formula is C32H33F5N6O3. The largest absolute Gasteiger partial charge is 0.508 e. The van der Waals surface area contributed by atoms with Crippen LogP contribution in [0.2, 0.25) is 0 Å². The highest BCUT2D eigenvalue weighted by Gasteiger charge is 2.45. The number of nitrogens with zero attached hydrogens (tertiary/aromatic N) is 5. The minimum atomic E-state index is -2.07. The molecule has 1 atom stereocenters. The van der Waals surface area contributed by atoms with Gasteiger partial charge in [-0.3, -0.25) is 4.90 Å². The summed E-state index contributed by atoms with van der Waals surface area (Å²) in [4.78, 5) is 17.9. The van der Waals surface area contributed by atoms with E-state index in [1.54, 1.807) is 0 Å². The van der Waals surface area contributed by atoms with Gasteiger partial charge in [0.2, 0.25) is 5.88 Å². The Labute approximate surface area is 261 Å². The summed E-state index contributed by atoms with van der Waals surface area (Å²) in [5.41, 5.74) is -1.49. The van der Waals surface area contributed by atoms with Gasteiger partial charge in [-0.2, -0.15) is 9.97 Å². The smallest absolute Gasteiger partial charge is 0.319 e. The van der Waals surface area contributed by atoms with Gasteiger partial charge in [0, 0.05) is 36.0 Å². The Kier molecular flexibility index (Phi) is 7.74. The molecule has 0 bridgehead atoms. The third-order valence-corrected chi connectivity index (χ3v) is 9.44. The molecule has 8 rings (SSSR count). The van der Waals surface area contributed by atoms with Crippen LogP contribution in [0, 0.1) is 29.1 Å². The fourth-order valence-corrected chi connectivity index (χ4v) is 7.33. The molecule has 3 fully saturated rings. The molecule has 4 aromatic rings. The molecule has 0 radical (unpaired) electrons. The zero-order valence-electron chi connectivity index (χ0n) is 25.4. The van der Waals surface area contributed by atoms with E-state index in [4.69, 9.17) is 14.5 Å². The molecular weight excluding hydrogens is 611 g/mol. The number of phenols is 1. The van der Waals surface area contributed by atoms with Gasteiger partial charge in [-0.1, -0.05) is 13.8 Å². The number of aromatic nitrogens is 3. The van der Waals surface area contributed by atoms with Gasteiger partial charge in [-0.15, -0.1) is 0 Å². The van der Waals surface area contributed by atoms with E-state index in [1.807, 2.05) is 18.7 Å². The SMILES string of the molecule is CC.Oc1cc(-c2nc3c4c(nc(OCC56CCCN5CCC6)nc4c2F)N2CCNC[C@H]2CO3)c2c(F)c(F)c(F)c(F)c2c1. The molecule has 0 spiro atoms. The average Bonchev–Trinajstić information content (AvgIpc) is 3.62. The van der Waals surface area contributed by atoms with Gasteiger partial charge >= 0.3 is 6.01 Å². The second-order valence-electron chi connectivity index (χ2n) is 11.9. The van der Waals surface area contributed by atoms with Crippen molar-refractivity contribution >= 4 is 27.5 Å². The van der Waals surface area contributed by atoms with Gasteiger partial charge in [-0.05, 0) is 50.9 Å². The fourth-order valence-electron chi connectivity index (χ4n) is 7.33. The first-order chi connectivity index (χ1) is 22.3. The first-order valence-electron chi connectivity index (χ1n) is 15.6. The zero-order valence-corrected chi connectivity index (χ0v) is 25.4. The van der Waals surface area contributed by atoms with E-state index in [0.717, 1.165) is 50.9 Å². The normalized spacial score (nSPS) is 20.2. The summed E-state index contributed by atoms with van der Waals surface area (Å²) in [5, 5.41) is 12.3. The van der Waals surface area contributed by atoms with Crippen LogP contribution in [-0.4, -0.2) is 82.5 Å². The molecule has 0 amide bonds. The Morgan fingerprint density at radius 1 is 0.935 bits per heavy atom. The number of aromatic hydroxyl groups is 1. The lowest BCUT2D eigenvalue weighted by Gasteiger charge is -2.35. The summed E-state index contributed by atoms with van der Waals surface area (Å²) in [5.74, 6) is -9.05. The summed E-state index contributed by atoms with van der Waals surface area (Å²) in [6.45, 7) is 8.15. The van der Waals surface area contributed by atoms with E-state index in [-0.39, 0.29) is 41.0 Å². The molecule has 2 aromatic carbocycles. The van der Waals surface area contributed by atoms with Gasteiger partial charge in [-0.25, -0.2) is 26.9 Å². The van der Waals surface area contributed by atoms with Crippen LogP contribution in [0.3, 0.4) is 0 Å². The molecule has 9 nitrogen and oxygen atoms in total. The van der Waals surface area contributed by atoms with Crippen molar-refractivity contribution in [1.82, 2.24) is 25.2 Å². The number of halogens is 5. The Balaban J connectivity index is 0.00000166. The second-order valence-corrected chi connectivity index (χ2v) is 11.9. The van der Waals surface area contributed by atoms with Gasteiger partial charge < -0.3 is 24.8 Å². The molecule has 4 aliphatic heterocycles. The average molecular weight is 645 g/mol. The third kappa shape index (κ3) is 4.67. The molecule has 0 aliphatic carbocycles. The summed E-state index contributed by atoms with van der Waals surface area (Å²) >= 11 is 0. The summed E-state index contributed by atoms with van der Waals surface area (Å²) in [6, 6.07) is 1.38. The van der Waals surface area contributed by atoms with E-state index in [0.29, 0.717) is 32.1 Å².